The van der Waals surface area contributed by atoms with Crippen molar-refractivity contribution >= 4 is 51.7 Å². The first-order chi connectivity index (χ1) is 18.2. The van der Waals surface area contributed by atoms with Crippen LogP contribution < -0.4 is 9.64 Å². The number of hydrogen-bond donors (Lipinski definition) is 1. The van der Waals surface area contributed by atoms with Crippen LogP contribution >= 0.6 is 22.6 Å². The Morgan fingerprint density at radius 1 is 1.00 bits per heavy atom. The number of phenols is 1. The summed E-state index contributed by atoms with van der Waals surface area (Å²) in [4.78, 5) is 55.4. The maximum Gasteiger partial charge on any atom is 0.238 e. The number of phenolic OH excluding ortho intramolecular Hbond substituents is 1. The quantitative estimate of drug-likeness (QED) is 0.232. The maximum absolute atomic E-state index is 13.9. The number of hydrogen-bond acceptors (Lipinski definition) is 6. The van der Waals surface area contributed by atoms with Crippen LogP contribution in [0.1, 0.15) is 31.2 Å². The summed E-state index contributed by atoms with van der Waals surface area (Å²) < 4.78 is 6.32. The molecule has 1 saturated heterocycles. The Bertz CT molecular complexity index is 1530. The molecule has 0 saturated carbocycles. The third kappa shape index (κ3) is 3.53. The van der Waals surface area contributed by atoms with E-state index < -0.39 is 23.7 Å². The number of ether oxygens (including phenoxy) is 1. The van der Waals surface area contributed by atoms with Gasteiger partial charge in [-0.15, -0.1) is 0 Å². The number of fused-ring (bicyclic) bond motifs is 3. The number of anilines is 1. The lowest BCUT2D eigenvalue weighted by Gasteiger charge is -2.42. The van der Waals surface area contributed by atoms with Crippen LogP contribution in [0.4, 0.5) is 5.69 Å². The zero-order chi connectivity index (χ0) is 26.9. The smallest absolute Gasteiger partial charge is 0.238 e. The van der Waals surface area contributed by atoms with Crippen molar-refractivity contribution in [3.05, 3.63) is 86.0 Å². The van der Waals surface area contributed by atoms with Gasteiger partial charge in [0.25, 0.3) is 0 Å². The molecule has 2 aromatic rings. The summed E-state index contributed by atoms with van der Waals surface area (Å²) in [5, 5.41) is 11.1. The average molecular weight is 621 g/mol. The molecule has 4 atom stereocenters. The van der Waals surface area contributed by atoms with Gasteiger partial charge in [0.1, 0.15) is 0 Å². The molecular weight excluding hydrogens is 597 g/mol. The molecule has 1 fully saturated rings. The Balaban J connectivity index is 1.51. The van der Waals surface area contributed by atoms with E-state index in [1.165, 1.54) is 18.1 Å². The molecule has 0 bridgehead atoms. The van der Waals surface area contributed by atoms with E-state index in [0.29, 0.717) is 34.4 Å². The highest BCUT2D eigenvalue weighted by Gasteiger charge is 2.56. The first-order valence-electron chi connectivity index (χ1n) is 12.4. The number of imide groups is 1. The largest absolute Gasteiger partial charge is 0.504 e. The summed E-state index contributed by atoms with van der Waals surface area (Å²) in [6, 6.07) is 12.3. The molecule has 2 aromatic carbocycles. The lowest BCUT2D eigenvalue weighted by Crippen LogP contribution is -2.39. The molecule has 2 amide bonds. The molecule has 192 valence electrons. The minimum Gasteiger partial charge on any atom is -0.504 e. The highest BCUT2D eigenvalue weighted by atomic mass is 127. The number of nitrogens with zero attached hydrogens (tertiary/aromatic N) is 1. The first-order valence-corrected chi connectivity index (χ1v) is 13.5. The van der Waals surface area contributed by atoms with E-state index in [2.05, 4.69) is 22.6 Å². The third-order valence-corrected chi connectivity index (χ3v) is 8.93. The van der Waals surface area contributed by atoms with Crippen LogP contribution in [0.2, 0.25) is 0 Å². The van der Waals surface area contributed by atoms with Crippen molar-refractivity contribution in [3.63, 3.8) is 0 Å². The fourth-order valence-electron chi connectivity index (χ4n) is 6.52. The first kappa shape index (κ1) is 24.8. The lowest BCUT2D eigenvalue weighted by atomic mass is 9.59. The Morgan fingerprint density at radius 2 is 1.74 bits per heavy atom. The van der Waals surface area contributed by atoms with Gasteiger partial charge >= 0.3 is 0 Å². The molecule has 1 heterocycles. The minimum absolute atomic E-state index is 0.114. The standard InChI is InChI=1S/C30H24INO6/c1-14-12-22(33)26-21(27(14)34)13-20-17(24(26)18-4-3-5-23(38-2)28(18)35)10-11-19-25(20)30(37)32(29(19)36)16-8-6-15(31)7-9-16/h3-10,12,19-20,24-25,35H,11,13H2,1-2H3/t19-,20+,24+,25-/m0/s1. The fraction of sp³-hybridized carbons (Fsp3) is 0.267. The van der Waals surface area contributed by atoms with Crippen LogP contribution in [0.5, 0.6) is 11.5 Å². The molecule has 8 heteroatoms. The monoisotopic (exact) mass is 621 g/mol. The molecule has 0 radical (unpaired) electrons. The van der Waals surface area contributed by atoms with Crippen LogP contribution in [-0.2, 0) is 19.2 Å². The van der Waals surface area contributed by atoms with Gasteiger partial charge in [0.15, 0.2) is 23.1 Å². The number of para-hydroxylation sites is 1. The van der Waals surface area contributed by atoms with Crippen molar-refractivity contribution in [3.8, 4) is 11.5 Å². The molecule has 4 aliphatic rings. The topological polar surface area (TPSA) is 101 Å². The molecule has 1 aliphatic heterocycles. The number of amides is 2. The number of carbonyl (C=O) groups excluding carboxylic acids is 4. The van der Waals surface area contributed by atoms with E-state index in [1.807, 2.05) is 18.2 Å². The number of benzene rings is 2. The molecule has 6 rings (SSSR count). The highest BCUT2D eigenvalue weighted by molar-refractivity contribution is 14.1. The van der Waals surface area contributed by atoms with Crippen LogP contribution in [0.15, 0.2) is 76.9 Å². The SMILES string of the molecule is COc1cccc([C@H]2C3=CC[C@@H]4C(=O)N(c5ccc(I)cc5)C(=O)[C@@H]4[C@@H]3CC3=C2C(=O)C=C(C)C3=O)c1O. The molecule has 1 N–H and O–H groups in total. The minimum atomic E-state index is -0.726. The van der Waals surface area contributed by atoms with Crippen LogP contribution in [-0.4, -0.2) is 35.6 Å². The number of ketones is 2. The summed E-state index contributed by atoms with van der Waals surface area (Å²) in [6.45, 7) is 1.61. The van der Waals surface area contributed by atoms with E-state index in [-0.39, 0.29) is 41.3 Å². The number of halogens is 1. The second-order valence-corrected chi connectivity index (χ2v) is 11.4. The van der Waals surface area contributed by atoms with E-state index in [1.54, 1.807) is 37.3 Å². The van der Waals surface area contributed by atoms with E-state index in [0.717, 1.165) is 9.14 Å². The second-order valence-electron chi connectivity index (χ2n) is 10.1. The average Bonchev–Trinajstić information content (AvgIpc) is 3.16. The molecule has 0 aromatic heterocycles. The highest BCUT2D eigenvalue weighted by Crippen LogP contribution is 2.57. The predicted molar refractivity (Wildman–Crippen MR) is 148 cm³/mol. The number of aromatic hydroxyl groups is 1. The van der Waals surface area contributed by atoms with E-state index >= 15 is 0 Å². The number of Topliss-reactive ketones (excluding diaryl/α,β-unsaturated/α-hetero) is 1. The number of carbonyl (C=O) groups is 4. The molecule has 7 nitrogen and oxygen atoms in total. The number of allylic oxidation sites excluding steroid dienone is 6. The predicted octanol–water partition coefficient (Wildman–Crippen LogP) is 4.64. The molecule has 0 unspecified atom stereocenters. The van der Waals surface area contributed by atoms with Crippen LogP contribution in [0.3, 0.4) is 0 Å². The van der Waals surface area contributed by atoms with Crippen molar-refractivity contribution in [1.29, 1.82) is 0 Å². The summed E-state index contributed by atoms with van der Waals surface area (Å²) in [5.74, 6) is -3.33. The molecule has 38 heavy (non-hydrogen) atoms. The van der Waals surface area contributed by atoms with E-state index in [9.17, 15) is 24.3 Å². The zero-order valence-corrected chi connectivity index (χ0v) is 22.9. The number of methoxy groups -OCH3 is 1. The maximum atomic E-state index is 13.9. The van der Waals surface area contributed by atoms with Gasteiger partial charge in [0.05, 0.1) is 24.6 Å². The van der Waals surface area contributed by atoms with Gasteiger partial charge in [-0.3, -0.25) is 24.1 Å². The summed E-state index contributed by atoms with van der Waals surface area (Å²) in [6.07, 6.45) is 3.81. The third-order valence-electron chi connectivity index (χ3n) is 8.21. The van der Waals surface area contributed by atoms with E-state index in [4.69, 9.17) is 4.74 Å². The normalized spacial score (nSPS) is 26.6. The van der Waals surface area contributed by atoms with Crippen LogP contribution in [0.25, 0.3) is 0 Å². The van der Waals surface area contributed by atoms with Gasteiger partial charge in [0.2, 0.25) is 11.8 Å². The van der Waals surface area contributed by atoms with Crippen molar-refractivity contribution in [2.24, 2.45) is 17.8 Å². The fourth-order valence-corrected chi connectivity index (χ4v) is 6.88. The Kier molecular flexibility index (Phi) is 5.90. The van der Waals surface area contributed by atoms with Crippen molar-refractivity contribution < 1.29 is 29.0 Å². The summed E-state index contributed by atoms with van der Waals surface area (Å²) in [7, 11) is 1.45. The number of rotatable bonds is 3. The van der Waals surface area contributed by atoms with Gasteiger partial charge in [-0.2, -0.15) is 0 Å². The summed E-state index contributed by atoms with van der Waals surface area (Å²) >= 11 is 2.17. The Hall–Kier alpha value is -3.53. The van der Waals surface area contributed by atoms with Crippen molar-refractivity contribution in [1.82, 2.24) is 0 Å². The lowest BCUT2D eigenvalue weighted by molar-refractivity contribution is -0.123. The van der Waals surface area contributed by atoms with Gasteiger partial charge in [-0.25, -0.2) is 0 Å². The van der Waals surface area contributed by atoms with Gasteiger partial charge in [-0.05, 0) is 84.7 Å². The second kappa shape index (κ2) is 9.04. The van der Waals surface area contributed by atoms with Crippen molar-refractivity contribution in [2.45, 2.75) is 25.7 Å². The Morgan fingerprint density at radius 3 is 2.45 bits per heavy atom. The van der Waals surface area contributed by atoms with Gasteiger partial charge in [-0.1, -0.05) is 23.8 Å². The zero-order valence-electron chi connectivity index (χ0n) is 20.7. The molecule has 3 aliphatic carbocycles. The Labute approximate surface area is 233 Å². The molecular formula is C30H24INO6. The van der Waals surface area contributed by atoms with Gasteiger partial charge < -0.3 is 9.84 Å². The van der Waals surface area contributed by atoms with Crippen molar-refractivity contribution in [2.75, 3.05) is 12.0 Å². The van der Waals surface area contributed by atoms with Crippen LogP contribution in [0, 0.1) is 21.3 Å². The summed E-state index contributed by atoms with van der Waals surface area (Å²) in [5.41, 5.74) is 2.78. The molecule has 0 spiro atoms. The van der Waals surface area contributed by atoms with Gasteiger partial charge in [0, 0.05) is 31.8 Å².